The van der Waals surface area contributed by atoms with Crippen molar-refractivity contribution in [1.29, 1.82) is 0 Å². The van der Waals surface area contributed by atoms with E-state index < -0.39 is 5.25 Å². The first-order valence-corrected chi connectivity index (χ1v) is 10.2. The third-order valence-corrected chi connectivity index (χ3v) is 6.17. The highest BCUT2D eigenvalue weighted by Gasteiger charge is 2.41. The molecule has 1 fully saturated rings. The maximum absolute atomic E-state index is 13.1. The van der Waals surface area contributed by atoms with Gasteiger partial charge in [0.15, 0.2) is 0 Å². The van der Waals surface area contributed by atoms with Gasteiger partial charge in [-0.15, -0.1) is 0 Å². The predicted octanol–water partition coefficient (Wildman–Crippen LogP) is 5.32. The second-order valence-electron chi connectivity index (χ2n) is 6.56. The molecule has 0 bridgehead atoms. The van der Waals surface area contributed by atoms with Crippen molar-refractivity contribution < 1.29 is 19.1 Å². The number of carbonyl (C=O) groups excluding carboxylic acids is 2. The Morgan fingerprint density at radius 3 is 2.55 bits per heavy atom. The lowest BCUT2D eigenvalue weighted by molar-refractivity contribution is -0.117. The summed E-state index contributed by atoms with van der Waals surface area (Å²) in [6, 6.07) is 16.4. The Balaban J connectivity index is 1.71. The number of carbonyl (C=O) groups is 2. The van der Waals surface area contributed by atoms with Gasteiger partial charge < -0.3 is 9.47 Å². The second-order valence-corrected chi connectivity index (χ2v) is 8.15. The molecule has 0 N–H and O–H groups in total. The van der Waals surface area contributed by atoms with Crippen molar-refractivity contribution in [2.75, 3.05) is 19.1 Å². The third kappa shape index (κ3) is 3.66. The summed E-state index contributed by atoms with van der Waals surface area (Å²) >= 11 is 7.06. The number of nitrogens with zero attached hydrogens (tertiary/aromatic N) is 1. The highest BCUT2D eigenvalue weighted by molar-refractivity contribution is 8.15. The Hall–Kier alpha value is -2.70. The number of thioether (sulfide) groups is 1. The topological polar surface area (TPSA) is 55.8 Å². The number of fused-ring (bicyclic) bond motifs is 1. The third-order valence-electron chi connectivity index (χ3n) is 4.89. The van der Waals surface area contributed by atoms with Crippen molar-refractivity contribution in [3.05, 3.63) is 65.2 Å². The molecular formula is C22H18ClNO4S. The number of imide groups is 1. The van der Waals surface area contributed by atoms with Crippen molar-refractivity contribution in [3.63, 3.8) is 0 Å². The molecule has 4 rings (SSSR count). The molecule has 29 heavy (non-hydrogen) atoms. The molecule has 3 aromatic rings. The summed E-state index contributed by atoms with van der Waals surface area (Å²) in [5.41, 5.74) is 1.35. The Labute approximate surface area is 177 Å². The second kappa shape index (κ2) is 7.97. The van der Waals surface area contributed by atoms with E-state index >= 15 is 0 Å². The summed E-state index contributed by atoms with van der Waals surface area (Å²) < 4.78 is 10.9. The van der Waals surface area contributed by atoms with Gasteiger partial charge in [0, 0.05) is 10.6 Å². The Bertz CT molecular complexity index is 1110. The number of anilines is 1. The average molecular weight is 428 g/mol. The zero-order valence-electron chi connectivity index (χ0n) is 15.8. The lowest BCUT2D eigenvalue weighted by Gasteiger charge is -2.16. The van der Waals surface area contributed by atoms with Crippen LogP contribution in [0.2, 0.25) is 5.02 Å². The molecule has 0 aromatic heterocycles. The maximum atomic E-state index is 13.1. The number of halogens is 1. The van der Waals surface area contributed by atoms with Crippen molar-refractivity contribution >= 4 is 51.0 Å². The zero-order chi connectivity index (χ0) is 20.5. The van der Waals surface area contributed by atoms with Crippen LogP contribution in [-0.2, 0) is 11.2 Å². The van der Waals surface area contributed by atoms with Crippen LogP contribution in [0.4, 0.5) is 10.5 Å². The van der Waals surface area contributed by atoms with Crippen LogP contribution in [0.25, 0.3) is 10.8 Å². The van der Waals surface area contributed by atoms with Crippen molar-refractivity contribution in [1.82, 2.24) is 0 Å². The van der Waals surface area contributed by atoms with Crippen molar-refractivity contribution in [2.24, 2.45) is 0 Å². The SMILES string of the molecule is COc1ccc2ccc(OC)c(C[C@H]3SC(=O)N(c4cccc(Cl)c4)C3=O)c2c1. The van der Waals surface area contributed by atoms with Gasteiger partial charge in [-0.1, -0.05) is 41.6 Å². The van der Waals surface area contributed by atoms with E-state index in [0.29, 0.717) is 28.6 Å². The van der Waals surface area contributed by atoms with Gasteiger partial charge in [0.1, 0.15) is 11.5 Å². The quantitative estimate of drug-likeness (QED) is 0.551. The fourth-order valence-corrected chi connectivity index (χ4v) is 4.68. The van der Waals surface area contributed by atoms with Crippen LogP contribution in [0.3, 0.4) is 0 Å². The predicted molar refractivity (Wildman–Crippen MR) is 116 cm³/mol. The number of hydrogen-bond donors (Lipinski definition) is 0. The highest BCUT2D eigenvalue weighted by Crippen LogP contribution is 2.38. The van der Waals surface area contributed by atoms with Crippen LogP contribution < -0.4 is 14.4 Å². The van der Waals surface area contributed by atoms with Crippen LogP contribution >= 0.6 is 23.4 Å². The molecule has 0 unspecified atom stereocenters. The molecule has 0 saturated carbocycles. The normalized spacial score (nSPS) is 16.5. The number of ether oxygens (including phenoxy) is 2. The Kier molecular flexibility index (Phi) is 5.39. The molecule has 3 aromatic carbocycles. The van der Waals surface area contributed by atoms with E-state index in [2.05, 4.69) is 0 Å². The van der Waals surface area contributed by atoms with Gasteiger partial charge >= 0.3 is 0 Å². The molecule has 0 spiro atoms. The van der Waals surface area contributed by atoms with Gasteiger partial charge in [0.2, 0.25) is 5.91 Å². The molecule has 0 radical (unpaired) electrons. The molecular weight excluding hydrogens is 410 g/mol. The van der Waals surface area contributed by atoms with E-state index in [4.69, 9.17) is 21.1 Å². The number of amides is 2. The van der Waals surface area contributed by atoms with Gasteiger partial charge in [-0.3, -0.25) is 9.59 Å². The molecule has 1 atom stereocenters. The maximum Gasteiger partial charge on any atom is 0.293 e. The molecule has 1 aliphatic rings. The molecule has 0 aliphatic carbocycles. The monoisotopic (exact) mass is 427 g/mol. The van der Waals surface area contributed by atoms with E-state index in [1.54, 1.807) is 38.5 Å². The lowest BCUT2D eigenvalue weighted by atomic mass is 9.98. The summed E-state index contributed by atoms with van der Waals surface area (Å²) in [5.74, 6) is 1.13. The summed E-state index contributed by atoms with van der Waals surface area (Å²) in [4.78, 5) is 26.8. The van der Waals surface area contributed by atoms with Crippen LogP contribution in [0, 0.1) is 0 Å². The van der Waals surface area contributed by atoms with E-state index in [1.165, 1.54) is 4.90 Å². The van der Waals surface area contributed by atoms with E-state index in [1.807, 2.05) is 30.3 Å². The van der Waals surface area contributed by atoms with E-state index in [0.717, 1.165) is 28.1 Å². The van der Waals surface area contributed by atoms with Crippen LogP contribution in [-0.4, -0.2) is 30.6 Å². The van der Waals surface area contributed by atoms with E-state index in [9.17, 15) is 9.59 Å². The zero-order valence-corrected chi connectivity index (χ0v) is 17.4. The van der Waals surface area contributed by atoms with Gasteiger partial charge in [-0.25, -0.2) is 4.90 Å². The number of rotatable bonds is 5. The smallest absolute Gasteiger partial charge is 0.293 e. The first-order valence-electron chi connectivity index (χ1n) is 8.95. The van der Waals surface area contributed by atoms with Crippen LogP contribution in [0.1, 0.15) is 5.56 Å². The van der Waals surface area contributed by atoms with Crippen LogP contribution in [0.5, 0.6) is 11.5 Å². The Morgan fingerprint density at radius 1 is 1.03 bits per heavy atom. The summed E-state index contributed by atoms with van der Waals surface area (Å²) in [5, 5.41) is 1.56. The number of methoxy groups -OCH3 is 2. The fraction of sp³-hybridized carbons (Fsp3) is 0.182. The van der Waals surface area contributed by atoms with Gasteiger partial charge in [-0.2, -0.15) is 0 Å². The number of hydrogen-bond acceptors (Lipinski definition) is 5. The Morgan fingerprint density at radius 2 is 1.83 bits per heavy atom. The number of benzene rings is 3. The molecule has 148 valence electrons. The minimum absolute atomic E-state index is 0.260. The molecule has 2 amide bonds. The molecule has 1 heterocycles. The first-order chi connectivity index (χ1) is 14.0. The lowest BCUT2D eigenvalue weighted by Crippen LogP contribution is -2.32. The van der Waals surface area contributed by atoms with Gasteiger partial charge in [0.05, 0.1) is 25.2 Å². The molecule has 1 aliphatic heterocycles. The van der Waals surface area contributed by atoms with Gasteiger partial charge in [0.25, 0.3) is 5.24 Å². The summed E-state index contributed by atoms with van der Waals surface area (Å²) in [6.07, 6.45) is 0.361. The molecule has 1 saturated heterocycles. The standard InChI is InChI=1S/C22H18ClNO4S/c1-27-16-8-6-13-7-9-19(28-2)18(17(13)11-16)12-20-21(25)24(22(26)29-20)15-5-3-4-14(23)10-15/h3-11,20H,12H2,1-2H3/t20-/m1/s1. The molecule has 5 nitrogen and oxygen atoms in total. The van der Waals surface area contributed by atoms with Crippen molar-refractivity contribution in [3.8, 4) is 11.5 Å². The van der Waals surface area contributed by atoms with E-state index in [-0.39, 0.29) is 11.1 Å². The minimum Gasteiger partial charge on any atom is -0.497 e. The molecule has 7 heteroatoms. The van der Waals surface area contributed by atoms with Crippen LogP contribution in [0.15, 0.2) is 54.6 Å². The summed E-state index contributed by atoms with van der Waals surface area (Å²) in [6.45, 7) is 0. The first kappa shape index (κ1) is 19.6. The van der Waals surface area contributed by atoms with Gasteiger partial charge in [-0.05, 0) is 53.6 Å². The highest BCUT2D eigenvalue weighted by atomic mass is 35.5. The summed E-state index contributed by atoms with van der Waals surface area (Å²) in [7, 11) is 3.21. The fourth-order valence-electron chi connectivity index (χ4n) is 3.49. The average Bonchev–Trinajstić information content (AvgIpc) is 3.00. The van der Waals surface area contributed by atoms with Crippen molar-refractivity contribution in [2.45, 2.75) is 11.7 Å². The minimum atomic E-state index is -0.549. The largest absolute Gasteiger partial charge is 0.497 e.